The largest absolute Gasteiger partial charge is 0.306 e. The summed E-state index contributed by atoms with van der Waals surface area (Å²) in [6.45, 7) is 3.45. The summed E-state index contributed by atoms with van der Waals surface area (Å²) >= 11 is 0. The molecule has 2 aromatic rings. The monoisotopic (exact) mass is 285 g/mol. The number of pyridine rings is 1. The fraction of sp³-hybridized carbons (Fsp3) is 0.625. The van der Waals surface area contributed by atoms with Gasteiger partial charge in [-0.2, -0.15) is 0 Å². The molecule has 0 saturated carbocycles. The molecule has 0 bridgehead atoms. The zero-order chi connectivity index (χ0) is 14.4. The lowest BCUT2D eigenvalue weighted by molar-refractivity contribution is 0.234. The van der Waals surface area contributed by atoms with Crippen molar-refractivity contribution in [1.82, 2.24) is 24.3 Å². The summed E-state index contributed by atoms with van der Waals surface area (Å²) < 4.78 is 2.42. The Hall–Kier alpha value is -1.46. The van der Waals surface area contributed by atoms with E-state index in [0.717, 1.165) is 17.7 Å². The molecule has 2 unspecified atom stereocenters. The fourth-order valence-corrected chi connectivity index (χ4v) is 3.89. The van der Waals surface area contributed by atoms with Gasteiger partial charge in [0.15, 0.2) is 5.65 Å². The average Bonchev–Trinajstić information content (AvgIpc) is 3.16. The van der Waals surface area contributed by atoms with Gasteiger partial charge in [0, 0.05) is 18.7 Å². The lowest BCUT2D eigenvalue weighted by atomic mass is 10.1. The number of imidazole rings is 1. The zero-order valence-electron chi connectivity index (χ0n) is 12.9. The minimum absolute atomic E-state index is 0.422. The van der Waals surface area contributed by atoms with Crippen molar-refractivity contribution in [2.45, 2.75) is 31.3 Å². The van der Waals surface area contributed by atoms with Gasteiger partial charge in [0.2, 0.25) is 0 Å². The second-order valence-corrected chi connectivity index (χ2v) is 6.54. The van der Waals surface area contributed by atoms with Crippen molar-refractivity contribution >= 4 is 11.2 Å². The first-order valence-corrected chi connectivity index (χ1v) is 7.95. The van der Waals surface area contributed by atoms with Crippen molar-refractivity contribution in [3.8, 4) is 0 Å². The molecule has 112 valence electrons. The van der Waals surface area contributed by atoms with Crippen LogP contribution < -0.4 is 0 Å². The van der Waals surface area contributed by atoms with Gasteiger partial charge in [0.05, 0.1) is 6.17 Å². The van der Waals surface area contributed by atoms with Crippen LogP contribution in [0.25, 0.3) is 11.2 Å². The number of likely N-dealkylation sites (tertiary alicyclic amines) is 2. The number of aromatic nitrogens is 3. The Morgan fingerprint density at radius 1 is 1.19 bits per heavy atom. The molecular weight excluding hydrogens is 262 g/mol. The van der Waals surface area contributed by atoms with Crippen LogP contribution in [-0.4, -0.2) is 58.1 Å². The maximum Gasteiger partial charge on any atom is 0.161 e. The Morgan fingerprint density at radius 3 is 2.81 bits per heavy atom. The van der Waals surface area contributed by atoms with Gasteiger partial charge >= 0.3 is 0 Å². The topological polar surface area (TPSA) is 37.2 Å². The Kier molecular flexibility index (Phi) is 3.19. The van der Waals surface area contributed by atoms with E-state index >= 15 is 0 Å². The number of likely N-dealkylation sites (N-methyl/N-ethyl adjacent to an activating group) is 1. The third-order valence-electron chi connectivity index (χ3n) is 5.01. The van der Waals surface area contributed by atoms with Gasteiger partial charge in [-0.15, -0.1) is 0 Å². The molecule has 2 saturated heterocycles. The minimum atomic E-state index is 0.422. The van der Waals surface area contributed by atoms with Crippen molar-refractivity contribution in [2.24, 2.45) is 0 Å². The predicted molar refractivity (Wildman–Crippen MR) is 83.3 cm³/mol. The van der Waals surface area contributed by atoms with Gasteiger partial charge in [0.1, 0.15) is 11.3 Å². The number of fused-ring (bicyclic) bond motifs is 1. The van der Waals surface area contributed by atoms with Crippen molar-refractivity contribution < 1.29 is 0 Å². The van der Waals surface area contributed by atoms with Crippen LogP contribution in [0.1, 0.15) is 37.2 Å². The van der Waals surface area contributed by atoms with Gasteiger partial charge in [-0.3, -0.25) is 9.47 Å². The number of nitrogens with zero attached hydrogens (tertiary/aromatic N) is 5. The lowest BCUT2D eigenvalue weighted by Gasteiger charge is -2.25. The first kappa shape index (κ1) is 13.2. The summed E-state index contributed by atoms with van der Waals surface area (Å²) in [5, 5.41) is 0. The lowest BCUT2D eigenvalue weighted by Crippen LogP contribution is -2.26. The Balaban J connectivity index is 1.85. The van der Waals surface area contributed by atoms with E-state index in [9.17, 15) is 0 Å². The van der Waals surface area contributed by atoms with Crippen LogP contribution in [0.2, 0.25) is 0 Å². The standard InChI is InChI=1S/C16H23N5/c1-19-10-7-12(11-19)15-18-13-5-3-8-17-16(13)21(15)14-6-4-9-20(14)2/h3,5,8,12,14H,4,6-7,9-11H2,1-2H3. The van der Waals surface area contributed by atoms with Crippen LogP contribution in [0.15, 0.2) is 18.3 Å². The highest BCUT2D eigenvalue weighted by atomic mass is 15.3. The van der Waals surface area contributed by atoms with E-state index < -0.39 is 0 Å². The Labute approximate surface area is 125 Å². The first-order valence-electron chi connectivity index (χ1n) is 7.95. The second kappa shape index (κ2) is 5.07. The Morgan fingerprint density at radius 2 is 2.10 bits per heavy atom. The molecule has 2 fully saturated rings. The molecule has 0 aromatic carbocycles. The highest BCUT2D eigenvalue weighted by molar-refractivity contribution is 5.71. The van der Waals surface area contributed by atoms with Crippen LogP contribution in [0.4, 0.5) is 0 Å². The molecule has 4 heterocycles. The molecule has 0 spiro atoms. The molecule has 5 nitrogen and oxygen atoms in total. The fourth-order valence-electron chi connectivity index (χ4n) is 3.89. The summed E-state index contributed by atoms with van der Waals surface area (Å²) in [6.07, 6.45) is 5.98. The average molecular weight is 285 g/mol. The number of rotatable bonds is 2. The normalized spacial score (nSPS) is 27.9. The maximum absolute atomic E-state index is 4.96. The Bertz CT molecular complexity index is 649. The third kappa shape index (κ3) is 2.15. The van der Waals surface area contributed by atoms with E-state index in [2.05, 4.69) is 39.5 Å². The van der Waals surface area contributed by atoms with Crippen LogP contribution in [-0.2, 0) is 0 Å². The zero-order valence-corrected chi connectivity index (χ0v) is 12.9. The summed E-state index contributed by atoms with van der Waals surface area (Å²) in [4.78, 5) is 14.4. The van der Waals surface area contributed by atoms with Crippen molar-refractivity contribution in [1.29, 1.82) is 0 Å². The van der Waals surface area contributed by atoms with Crippen molar-refractivity contribution in [3.05, 3.63) is 24.2 Å². The molecule has 0 radical (unpaired) electrons. The molecule has 0 aliphatic carbocycles. The van der Waals surface area contributed by atoms with Gasteiger partial charge < -0.3 is 4.90 Å². The minimum Gasteiger partial charge on any atom is -0.306 e. The van der Waals surface area contributed by atoms with Crippen molar-refractivity contribution in [2.75, 3.05) is 33.7 Å². The van der Waals surface area contributed by atoms with Crippen LogP contribution in [0.3, 0.4) is 0 Å². The smallest absolute Gasteiger partial charge is 0.161 e. The summed E-state index contributed by atoms with van der Waals surface area (Å²) in [7, 11) is 4.42. The van der Waals surface area contributed by atoms with Gasteiger partial charge in [-0.25, -0.2) is 9.97 Å². The van der Waals surface area contributed by atoms with Crippen LogP contribution in [0.5, 0.6) is 0 Å². The quantitative estimate of drug-likeness (QED) is 0.846. The molecule has 2 aliphatic heterocycles. The van der Waals surface area contributed by atoms with Crippen LogP contribution >= 0.6 is 0 Å². The molecule has 5 heteroatoms. The van der Waals surface area contributed by atoms with Gasteiger partial charge in [-0.05, 0) is 58.6 Å². The molecule has 21 heavy (non-hydrogen) atoms. The third-order valence-corrected chi connectivity index (χ3v) is 5.01. The van der Waals surface area contributed by atoms with Gasteiger partial charge in [0.25, 0.3) is 0 Å². The molecule has 2 aliphatic rings. The van der Waals surface area contributed by atoms with E-state index in [4.69, 9.17) is 4.98 Å². The highest BCUT2D eigenvalue weighted by Crippen LogP contribution is 2.35. The SMILES string of the molecule is CN1CCC(c2nc3cccnc3n2C2CCCN2C)C1. The summed E-state index contributed by atoms with van der Waals surface area (Å²) in [5.41, 5.74) is 2.10. The molecule has 2 aromatic heterocycles. The van der Waals surface area contributed by atoms with Crippen LogP contribution in [0, 0.1) is 0 Å². The molecule has 0 N–H and O–H groups in total. The van der Waals surface area contributed by atoms with Gasteiger partial charge in [-0.1, -0.05) is 0 Å². The molecule has 2 atom stereocenters. The second-order valence-electron chi connectivity index (χ2n) is 6.54. The highest BCUT2D eigenvalue weighted by Gasteiger charge is 2.32. The van der Waals surface area contributed by atoms with E-state index in [1.54, 1.807) is 0 Å². The van der Waals surface area contributed by atoms with E-state index in [1.807, 2.05) is 12.3 Å². The summed E-state index contributed by atoms with van der Waals surface area (Å²) in [6, 6.07) is 4.08. The van der Waals surface area contributed by atoms with E-state index in [1.165, 1.54) is 38.2 Å². The number of hydrogen-bond acceptors (Lipinski definition) is 4. The van der Waals surface area contributed by atoms with E-state index in [0.29, 0.717) is 12.1 Å². The van der Waals surface area contributed by atoms with Crippen molar-refractivity contribution in [3.63, 3.8) is 0 Å². The van der Waals surface area contributed by atoms with E-state index in [-0.39, 0.29) is 0 Å². The molecule has 0 amide bonds. The summed E-state index contributed by atoms with van der Waals surface area (Å²) in [5.74, 6) is 1.78. The first-order chi connectivity index (χ1) is 10.2. The maximum atomic E-state index is 4.96. The molecule has 4 rings (SSSR count). The molecular formula is C16H23N5. The predicted octanol–water partition coefficient (Wildman–Crippen LogP) is 2.07. The number of hydrogen-bond donors (Lipinski definition) is 0.